The number of ether oxygens (including phenoxy) is 2. The van der Waals surface area contributed by atoms with Crippen LogP contribution in [0.3, 0.4) is 0 Å². The third-order valence-corrected chi connectivity index (χ3v) is 4.71. The van der Waals surface area contributed by atoms with Crippen molar-refractivity contribution < 1.29 is 14.4 Å². The molecule has 1 aliphatic rings. The van der Waals surface area contributed by atoms with E-state index in [2.05, 4.69) is 4.90 Å². The third kappa shape index (κ3) is 4.65. The Labute approximate surface area is 157 Å². The van der Waals surface area contributed by atoms with Gasteiger partial charge < -0.3 is 9.47 Å². The summed E-state index contributed by atoms with van der Waals surface area (Å²) >= 11 is 6.14. The number of benzene rings is 2. The maximum Gasteiger partial charge on any atom is 0.271 e. The Hall–Kier alpha value is -2.31. The summed E-state index contributed by atoms with van der Waals surface area (Å²) in [6.07, 6.45) is 0.853. The summed E-state index contributed by atoms with van der Waals surface area (Å²) in [5.74, 6) is 1.34. The molecular formula is C19H21ClN2O4. The summed E-state index contributed by atoms with van der Waals surface area (Å²) in [6.45, 7) is 5.10. The normalized spacial score (nSPS) is 20.1. The van der Waals surface area contributed by atoms with Gasteiger partial charge in [0.25, 0.3) is 5.69 Å². The van der Waals surface area contributed by atoms with E-state index in [1.807, 2.05) is 37.3 Å². The van der Waals surface area contributed by atoms with E-state index in [-0.39, 0.29) is 16.3 Å². The van der Waals surface area contributed by atoms with Crippen LogP contribution in [-0.2, 0) is 0 Å². The maximum atomic E-state index is 10.8. The Balaban J connectivity index is 1.52. The van der Waals surface area contributed by atoms with E-state index >= 15 is 0 Å². The molecule has 3 rings (SSSR count). The predicted octanol–water partition coefficient (Wildman–Crippen LogP) is 4.17. The minimum absolute atomic E-state index is 0.0430. The smallest absolute Gasteiger partial charge is 0.271 e. The second kappa shape index (κ2) is 7.93. The number of likely N-dealkylation sites (tertiary alicyclic amines) is 1. The molecule has 0 aliphatic carbocycles. The van der Waals surface area contributed by atoms with Crippen molar-refractivity contribution in [2.24, 2.45) is 0 Å². The van der Waals surface area contributed by atoms with E-state index in [9.17, 15) is 10.1 Å². The summed E-state index contributed by atoms with van der Waals surface area (Å²) in [5, 5.41) is 11.1. The zero-order valence-corrected chi connectivity index (χ0v) is 15.3. The standard InChI is InChI=1S/C19H21ClN2O4/c1-19(26-18-8-7-15(22(23)24)13-17(18)20)9-10-21(14-19)11-12-25-16-5-3-2-4-6-16/h2-8,13H,9-12,14H2,1H3. The highest BCUT2D eigenvalue weighted by Crippen LogP contribution is 2.34. The van der Waals surface area contributed by atoms with Gasteiger partial charge in [0.1, 0.15) is 23.7 Å². The zero-order valence-electron chi connectivity index (χ0n) is 14.6. The van der Waals surface area contributed by atoms with Crippen LogP contribution in [0.15, 0.2) is 48.5 Å². The number of para-hydroxylation sites is 1. The van der Waals surface area contributed by atoms with Crippen LogP contribution < -0.4 is 9.47 Å². The van der Waals surface area contributed by atoms with Crippen LogP contribution in [0.4, 0.5) is 5.69 Å². The second-order valence-electron chi connectivity index (χ2n) is 6.61. The molecule has 26 heavy (non-hydrogen) atoms. The topological polar surface area (TPSA) is 64.8 Å². The van der Waals surface area contributed by atoms with Crippen LogP contribution in [0.25, 0.3) is 0 Å². The molecule has 1 saturated heterocycles. The van der Waals surface area contributed by atoms with Crippen molar-refractivity contribution in [2.75, 3.05) is 26.2 Å². The Morgan fingerprint density at radius 1 is 1.27 bits per heavy atom. The fourth-order valence-electron chi connectivity index (χ4n) is 3.06. The van der Waals surface area contributed by atoms with Gasteiger partial charge in [0.05, 0.1) is 9.95 Å². The van der Waals surface area contributed by atoms with Gasteiger partial charge in [-0.15, -0.1) is 0 Å². The lowest BCUT2D eigenvalue weighted by Gasteiger charge is -2.27. The van der Waals surface area contributed by atoms with E-state index in [1.165, 1.54) is 12.1 Å². The van der Waals surface area contributed by atoms with E-state index in [0.29, 0.717) is 12.4 Å². The average molecular weight is 377 g/mol. The Morgan fingerprint density at radius 3 is 2.73 bits per heavy atom. The van der Waals surface area contributed by atoms with Crippen molar-refractivity contribution in [3.63, 3.8) is 0 Å². The molecule has 7 heteroatoms. The Bertz CT molecular complexity index is 771. The van der Waals surface area contributed by atoms with Gasteiger partial charge in [0.15, 0.2) is 0 Å². The van der Waals surface area contributed by atoms with E-state index in [1.54, 1.807) is 6.07 Å². The van der Waals surface area contributed by atoms with Gasteiger partial charge in [0, 0.05) is 38.2 Å². The molecule has 0 N–H and O–H groups in total. The number of hydrogen-bond donors (Lipinski definition) is 0. The summed E-state index contributed by atoms with van der Waals surface area (Å²) in [5.41, 5.74) is -0.425. The molecule has 0 aromatic heterocycles. The van der Waals surface area contributed by atoms with Crippen LogP contribution in [-0.4, -0.2) is 41.7 Å². The van der Waals surface area contributed by atoms with Crippen molar-refractivity contribution in [2.45, 2.75) is 18.9 Å². The highest BCUT2D eigenvalue weighted by molar-refractivity contribution is 6.32. The quantitative estimate of drug-likeness (QED) is 0.536. The summed E-state index contributed by atoms with van der Waals surface area (Å²) in [6, 6.07) is 14.0. The fraction of sp³-hybridized carbons (Fsp3) is 0.368. The lowest BCUT2D eigenvalue weighted by Crippen LogP contribution is -2.37. The minimum atomic E-state index is -0.471. The summed E-state index contributed by atoms with van der Waals surface area (Å²) in [4.78, 5) is 12.6. The van der Waals surface area contributed by atoms with Crippen LogP contribution in [0.2, 0.25) is 5.02 Å². The molecule has 138 valence electrons. The van der Waals surface area contributed by atoms with Crippen LogP contribution in [0, 0.1) is 10.1 Å². The van der Waals surface area contributed by atoms with Crippen LogP contribution in [0.1, 0.15) is 13.3 Å². The third-order valence-electron chi connectivity index (χ3n) is 4.42. The number of hydrogen-bond acceptors (Lipinski definition) is 5. The van der Waals surface area contributed by atoms with Gasteiger partial charge in [-0.1, -0.05) is 29.8 Å². The van der Waals surface area contributed by atoms with Crippen molar-refractivity contribution in [3.8, 4) is 11.5 Å². The van der Waals surface area contributed by atoms with Crippen LogP contribution in [0.5, 0.6) is 11.5 Å². The molecular weight excluding hydrogens is 356 g/mol. The average Bonchev–Trinajstić information content (AvgIpc) is 2.98. The lowest BCUT2D eigenvalue weighted by atomic mass is 10.1. The van der Waals surface area contributed by atoms with Crippen molar-refractivity contribution in [1.29, 1.82) is 0 Å². The molecule has 0 saturated carbocycles. The number of halogens is 1. The molecule has 0 radical (unpaired) electrons. The van der Waals surface area contributed by atoms with Gasteiger partial charge in [-0.2, -0.15) is 0 Å². The first-order valence-corrected chi connectivity index (χ1v) is 8.86. The van der Waals surface area contributed by atoms with E-state index in [4.69, 9.17) is 21.1 Å². The first-order valence-electron chi connectivity index (χ1n) is 8.48. The first kappa shape index (κ1) is 18.5. The van der Waals surface area contributed by atoms with Gasteiger partial charge in [-0.3, -0.25) is 15.0 Å². The minimum Gasteiger partial charge on any atom is -0.492 e. The second-order valence-corrected chi connectivity index (χ2v) is 7.02. The highest BCUT2D eigenvalue weighted by atomic mass is 35.5. The van der Waals surface area contributed by atoms with Gasteiger partial charge >= 0.3 is 0 Å². The van der Waals surface area contributed by atoms with Crippen molar-refractivity contribution >= 4 is 17.3 Å². The van der Waals surface area contributed by atoms with Gasteiger partial charge in [0.2, 0.25) is 0 Å². The number of rotatable bonds is 7. The highest BCUT2D eigenvalue weighted by Gasteiger charge is 2.36. The number of non-ortho nitro benzene ring substituents is 1. The van der Waals surface area contributed by atoms with Gasteiger partial charge in [-0.05, 0) is 25.1 Å². The largest absolute Gasteiger partial charge is 0.492 e. The molecule has 1 atom stereocenters. The predicted molar refractivity (Wildman–Crippen MR) is 100 cm³/mol. The monoisotopic (exact) mass is 376 g/mol. The lowest BCUT2D eigenvalue weighted by molar-refractivity contribution is -0.384. The molecule has 1 aliphatic heterocycles. The molecule has 1 heterocycles. The summed E-state index contributed by atoms with van der Waals surface area (Å²) < 4.78 is 11.8. The van der Waals surface area contributed by atoms with Crippen molar-refractivity contribution in [1.82, 2.24) is 4.90 Å². The van der Waals surface area contributed by atoms with Crippen molar-refractivity contribution in [3.05, 3.63) is 63.7 Å². The molecule has 6 nitrogen and oxygen atoms in total. The molecule has 0 amide bonds. The molecule has 2 aromatic rings. The molecule has 0 bridgehead atoms. The number of nitrogens with zero attached hydrogens (tertiary/aromatic N) is 2. The fourth-order valence-corrected chi connectivity index (χ4v) is 3.27. The Kier molecular flexibility index (Phi) is 5.64. The van der Waals surface area contributed by atoms with Crippen LogP contribution >= 0.6 is 11.6 Å². The maximum absolute atomic E-state index is 10.8. The van der Waals surface area contributed by atoms with E-state index < -0.39 is 4.92 Å². The molecule has 0 spiro atoms. The SMILES string of the molecule is CC1(Oc2ccc([N+](=O)[O-])cc2Cl)CCN(CCOc2ccccc2)C1. The molecule has 1 fully saturated rings. The number of nitro groups is 1. The van der Waals surface area contributed by atoms with Gasteiger partial charge in [-0.25, -0.2) is 0 Å². The Morgan fingerprint density at radius 2 is 2.04 bits per heavy atom. The number of nitro benzene ring substituents is 1. The molecule has 2 aromatic carbocycles. The zero-order chi connectivity index (χ0) is 18.6. The molecule has 1 unspecified atom stereocenters. The first-order chi connectivity index (χ1) is 12.5. The summed E-state index contributed by atoms with van der Waals surface area (Å²) in [7, 11) is 0. The van der Waals surface area contributed by atoms with E-state index in [0.717, 1.165) is 31.8 Å².